The molecule has 1 saturated carbocycles. The van der Waals surface area contributed by atoms with Crippen LogP contribution in [-0.4, -0.2) is 39.1 Å². The van der Waals surface area contributed by atoms with Crippen LogP contribution in [0, 0.1) is 6.92 Å². The van der Waals surface area contributed by atoms with Gasteiger partial charge < -0.3 is 14.6 Å². The van der Waals surface area contributed by atoms with Gasteiger partial charge in [-0.05, 0) is 25.8 Å². The van der Waals surface area contributed by atoms with E-state index in [0.717, 1.165) is 36.9 Å². The summed E-state index contributed by atoms with van der Waals surface area (Å²) in [5.74, 6) is 0.432. The molecule has 0 atom stereocenters. The number of hydrogen-bond acceptors (Lipinski definition) is 4. The Kier molecular flexibility index (Phi) is 4.30. The van der Waals surface area contributed by atoms with Crippen LogP contribution < -0.4 is 5.32 Å². The van der Waals surface area contributed by atoms with Crippen LogP contribution in [0.15, 0.2) is 16.7 Å². The van der Waals surface area contributed by atoms with E-state index in [1.165, 1.54) is 6.26 Å². The summed E-state index contributed by atoms with van der Waals surface area (Å²) >= 11 is 0. The number of amides is 2. The maximum absolute atomic E-state index is 12.8. The van der Waals surface area contributed by atoms with Gasteiger partial charge in [0, 0.05) is 37.3 Å². The molecule has 2 aromatic rings. The van der Waals surface area contributed by atoms with Gasteiger partial charge in [-0.25, -0.2) is 0 Å². The second-order valence-corrected chi connectivity index (χ2v) is 7.22. The molecule has 138 valence electrons. The Labute approximate surface area is 152 Å². The molecular formula is C19H24N4O3. The zero-order valence-corrected chi connectivity index (χ0v) is 15.2. The average molecular weight is 356 g/mol. The summed E-state index contributed by atoms with van der Waals surface area (Å²) in [7, 11) is 1.86. The zero-order chi connectivity index (χ0) is 18.3. The number of nitrogens with one attached hydrogen (secondary N) is 1. The number of carbonyl (C=O) groups excluding carboxylic acids is 2. The maximum atomic E-state index is 12.8. The van der Waals surface area contributed by atoms with E-state index in [4.69, 9.17) is 4.42 Å². The second-order valence-electron chi connectivity index (χ2n) is 7.22. The fourth-order valence-electron chi connectivity index (χ4n) is 4.05. The lowest BCUT2D eigenvalue weighted by molar-refractivity contribution is 0.0728. The van der Waals surface area contributed by atoms with Gasteiger partial charge in [0.25, 0.3) is 11.8 Å². The first kappa shape index (κ1) is 16.9. The lowest BCUT2D eigenvalue weighted by Crippen LogP contribution is -2.38. The molecular weight excluding hydrogens is 332 g/mol. The van der Waals surface area contributed by atoms with E-state index in [9.17, 15) is 9.59 Å². The van der Waals surface area contributed by atoms with Gasteiger partial charge in [-0.15, -0.1) is 0 Å². The summed E-state index contributed by atoms with van der Waals surface area (Å²) < 4.78 is 7.04. The van der Waals surface area contributed by atoms with Crippen molar-refractivity contribution < 1.29 is 14.0 Å². The molecule has 1 aliphatic carbocycles. The minimum atomic E-state index is -0.123. The molecule has 0 saturated heterocycles. The Morgan fingerprint density at radius 2 is 2.08 bits per heavy atom. The Balaban J connectivity index is 1.56. The molecule has 0 unspecified atom stereocenters. The predicted octanol–water partition coefficient (Wildman–Crippen LogP) is 2.19. The van der Waals surface area contributed by atoms with Crippen LogP contribution in [0.25, 0.3) is 0 Å². The van der Waals surface area contributed by atoms with Crippen LogP contribution in [0.1, 0.15) is 63.5 Å². The molecule has 3 heterocycles. The van der Waals surface area contributed by atoms with Crippen LogP contribution in [0.5, 0.6) is 0 Å². The third kappa shape index (κ3) is 2.91. The molecule has 0 radical (unpaired) electrons. The number of aryl methyl sites for hydroxylation is 2. The van der Waals surface area contributed by atoms with Crippen molar-refractivity contribution in [1.29, 1.82) is 0 Å². The molecule has 1 fully saturated rings. The molecule has 2 amide bonds. The van der Waals surface area contributed by atoms with E-state index in [1.807, 2.05) is 7.05 Å². The van der Waals surface area contributed by atoms with Crippen molar-refractivity contribution in [2.24, 2.45) is 7.05 Å². The summed E-state index contributed by atoms with van der Waals surface area (Å²) in [5, 5.41) is 7.56. The van der Waals surface area contributed by atoms with E-state index >= 15 is 0 Å². The van der Waals surface area contributed by atoms with E-state index in [2.05, 4.69) is 10.4 Å². The summed E-state index contributed by atoms with van der Waals surface area (Å²) in [5.41, 5.74) is 2.93. The number of fused-ring (bicyclic) bond motifs is 1. The highest BCUT2D eigenvalue weighted by Crippen LogP contribution is 2.25. The van der Waals surface area contributed by atoms with E-state index in [0.29, 0.717) is 36.5 Å². The quantitative estimate of drug-likeness (QED) is 0.914. The molecule has 0 bridgehead atoms. The monoisotopic (exact) mass is 356 g/mol. The molecule has 1 N–H and O–H groups in total. The average Bonchev–Trinajstić information content (AvgIpc) is 3.35. The minimum absolute atomic E-state index is 0.0621. The molecule has 2 aliphatic rings. The standard InChI is InChI=1S/C19H24N4O3/c1-12-14(8-10-26-12)19(25)23-9-7-16-15(11-23)17(21-22(16)2)18(24)20-13-5-3-4-6-13/h8,10,13H,3-7,9,11H2,1-2H3,(H,20,24). The SMILES string of the molecule is Cc1occc1C(=O)N1CCc2c(c(C(=O)NC3CCCC3)nn2C)C1. The van der Waals surface area contributed by atoms with E-state index in [-0.39, 0.29) is 17.9 Å². The topological polar surface area (TPSA) is 80.4 Å². The number of hydrogen-bond donors (Lipinski definition) is 1. The third-order valence-corrected chi connectivity index (χ3v) is 5.52. The molecule has 26 heavy (non-hydrogen) atoms. The lowest BCUT2D eigenvalue weighted by atomic mass is 10.0. The normalized spacial score (nSPS) is 17.4. The van der Waals surface area contributed by atoms with Crippen molar-refractivity contribution in [1.82, 2.24) is 20.0 Å². The van der Waals surface area contributed by atoms with Gasteiger partial charge in [-0.2, -0.15) is 5.10 Å². The number of furan rings is 1. The van der Waals surface area contributed by atoms with Crippen molar-refractivity contribution in [3.8, 4) is 0 Å². The Morgan fingerprint density at radius 1 is 1.31 bits per heavy atom. The van der Waals surface area contributed by atoms with E-state index in [1.54, 1.807) is 22.6 Å². The summed E-state index contributed by atoms with van der Waals surface area (Å²) in [6, 6.07) is 1.94. The molecule has 0 spiro atoms. The first-order chi connectivity index (χ1) is 12.5. The smallest absolute Gasteiger partial charge is 0.272 e. The molecule has 1 aliphatic heterocycles. The van der Waals surface area contributed by atoms with Gasteiger partial charge in [0.1, 0.15) is 5.76 Å². The van der Waals surface area contributed by atoms with Gasteiger partial charge in [0.15, 0.2) is 5.69 Å². The van der Waals surface area contributed by atoms with Gasteiger partial charge >= 0.3 is 0 Å². The van der Waals surface area contributed by atoms with Crippen molar-refractivity contribution in [3.63, 3.8) is 0 Å². The van der Waals surface area contributed by atoms with Crippen LogP contribution >= 0.6 is 0 Å². The number of aromatic nitrogens is 2. The molecule has 7 heteroatoms. The minimum Gasteiger partial charge on any atom is -0.469 e. The van der Waals surface area contributed by atoms with Crippen molar-refractivity contribution in [3.05, 3.63) is 40.6 Å². The predicted molar refractivity (Wildman–Crippen MR) is 94.8 cm³/mol. The van der Waals surface area contributed by atoms with Crippen LogP contribution in [-0.2, 0) is 20.0 Å². The van der Waals surface area contributed by atoms with Crippen LogP contribution in [0.2, 0.25) is 0 Å². The zero-order valence-electron chi connectivity index (χ0n) is 15.2. The fourth-order valence-corrected chi connectivity index (χ4v) is 4.05. The van der Waals surface area contributed by atoms with Gasteiger partial charge in [-0.1, -0.05) is 12.8 Å². The van der Waals surface area contributed by atoms with Crippen molar-refractivity contribution in [2.75, 3.05) is 6.54 Å². The maximum Gasteiger partial charge on any atom is 0.272 e. The molecule has 0 aromatic carbocycles. The Hall–Kier alpha value is -2.57. The number of nitrogens with zero attached hydrogens (tertiary/aromatic N) is 3. The molecule has 2 aromatic heterocycles. The number of carbonyl (C=O) groups is 2. The summed E-state index contributed by atoms with van der Waals surface area (Å²) in [6.07, 6.45) is 6.62. The highest BCUT2D eigenvalue weighted by Gasteiger charge is 2.31. The lowest BCUT2D eigenvalue weighted by Gasteiger charge is -2.27. The van der Waals surface area contributed by atoms with Gasteiger partial charge in [0.2, 0.25) is 0 Å². The van der Waals surface area contributed by atoms with Crippen molar-refractivity contribution >= 4 is 11.8 Å². The molecule has 4 rings (SSSR count). The van der Waals surface area contributed by atoms with E-state index < -0.39 is 0 Å². The Bertz CT molecular complexity index is 845. The van der Waals surface area contributed by atoms with Gasteiger partial charge in [0.05, 0.1) is 18.4 Å². The van der Waals surface area contributed by atoms with Crippen molar-refractivity contribution in [2.45, 2.75) is 51.6 Å². The molecule has 7 nitrogen and oxygen atoms in total. The third-order valence-electron chi connectivity index (χ3n) is 5.52. The van der Waals surface area contributed by atoms with Gasteiger partial charge in [-0.3, -0.25) is 14.3 Å². The first-order valence-electron chi connectivity index (χ1n) is 9.23. The summed E-state index contributed by atoms with van der Waals surface area (Å²) in [4.78, 5) is 27.3. The highest BCUT2D eigenvalue weighted by molar-refractivity contribution is 5.96. The first-order valence-corrected chi connectivity index (χ1v) is 9.23. The number of rotatable bonds is 3. The summed E-state index contributed by atoms with van der Waals surface area (Å²) in [6.45, 7) is 2.80. The fraction of sp³-hybridized carbons (Fsp3) is 0.526. The largest absolute Gasteiger partial charge is 0.469 e. The second kappa shape index (κ2) is 6.63. The highest BCUT2D eigenvalue weighted by atomic mass is 16.3. The van der Waals surface area contributed by atoms with Crippen LogP contribution in [0.3, 0.4) is 0 Å². The Morgan fingerprint density at radius 3 is 2.77 bits per heavy atom. The van der Waals surface area contributed by atoms with Crippen LogP contribution in [0.4, 0.5) is 0 Å².